The smallest absolute Gasteiger partial charge is 0.248 e. The number of nitrogens with one attached hydrogen (secondary N) is 1. The Labute approximate surface area is 124 Å². The van der Waals surface area contributed by atoms with E-state index in [0.29, 0.717) is 18.6 Å². The average Bonchev–Trinajstić information content (AvgIpc) is 2.91. The lowest BCUT2D eigenvalue weighted by Crippen LogP contribution is -2.48. The van der Waals surface area contributed by atoms with E-state index in [-0.39, 0.29) is 16.5 Å². The van der Waals surface area contributed by atoms with E-state index in [9.17, 15) is 18.4 Å². The molecule has 0 unspecified atom stereocenters. The largest absolute Gasteiger partial charge is 0.322 e. The molecule has 2 amide bonds. The summed E-state index contributed by atoms with van der Waals surface area (Å²) in [6.07, 6.45) is 1.12. The third kappa shape index (κ3) is 2.39. The van der Waals surface area contributed by atoms with Crippen LogP contribution in [0.5, 0.6) is 0 Å². The highest BCUT2D eigenvalue weighted by molar-refractivity contribution is 8.01. The molecule has 0 radical (unpaired) electrons. The number of thioether (sulfide) groups is 1. The number of carbonyl (C=O) groups excluding carboxylic acids is 2. The molecule has 1 aromatic carbocycles. The second-order valence-corrected chi connectivity index (χ2v) is 6.88. The van der Waals surface area contributed by atoms with Crippen molar-refractivity contribution in [1.82, 2.24) is 4.90 Å². The van der Waals surface area contributed by atoms with Gasteiger partial charge in [-0.05, 0) is 25.5 Å². The minimum atomic E-state index is -0.703. The van der Waals surface area contributed by atoms with Crippen molar-refractivity contribution in [3.8, 4) is 0 Å². The van der Waals surface area contributed by atoms with E-state index in [4.69, 9.17) is 0 Å². The van der Waals surface area contributed by atoms with Crippen LogP contribution in [0.4, 0.5) is 14.5 Å². The predicted octanol–water partition coefficient (Wildman–Crippen LogP) is 2.36. The fraction of sp³-hybridized carbons (Fsp3) is 0.429. The van der Waals surface area contributed by atoms with Crippen molar-refractivity contribution in [2.45, 2.75) is 30.7 Å². The average molecular weight is 312 g/mol. The zero-order chi connectivity index (χ0) is 15.2. The van der Waals surface area contributed by atoms with Crippen molar-refractivity contribution in [1.29, 1.82) is 0 Å². The van der Waals surface area contributed by atoms with Crippen molar-refractivity contribution in [2.24, 2.45) is 0 Å². The van der Waals surface area contributed by atoms with Crippen LogP contribution >= 0.6 is 11.8 Å². The number of rotatable bonds is 2. The quantitative estimate of drug-likeness (QED) is 0.912. The normalized spacial score (nSPS) is 27.9. The summed E-state index contributed by atoms with van der Waals surface area (Å²) in [6, 6.07) is 2.23. The molecule has 2 aliphatic rings. The number of hydrogen-bond donors (Lipinski definition) is 1. The van der Waals surface area contributed by atoms with Crippen molar-refractivity contribution >= 4 is 29.3 Å². The third-order valence-corrected chi connectivity index (χ3v) is 5.44. The first-order valence-electron chi connectivity index (χ1n) is 6.63. The maximum Gasteiger partial charge on any atom is 0.248 e. The number of hydrogen-bond acceptors (Lipinski definition) is 3. The predicted molar refractivity (Wildman–Crippen MR) is 75.7 cm³/mol. The molecule has 3 rings (SSSR count). The molecule has 0 aromatic heterocycles. The number of anilines is 1. The van der Waals surface area contributed by atoms with Gasteiger partial charge in [0.2, 0.25) is 11.8 Å². The fourth-order valence-corrected chi connectivity index (χ4v) is 4.26. The molecule has 0 bridgehead atoms. The van der Waals surface area contributed by atoms with Gasteiger partial charge in [-0.25, -0.2) is 8.78 Å². The Morgan fingerprint density at radius 2 is 2.24 bits per heavy atom. The van der Waals surface area contributed by atoms with E-state index in [1.807, 2.05) is 6.92 Å². The number of nitrogens with zero attached hydrogens (tertiary/aromatic N) is 1. The van der Waals surface area contributed by atoms with Crippen LogP contribution < -0.4 is 5.32 Å². The van der Waals surface area contributed by atoms with E-state index in [1.165, 1.54) is 0 Å². The van der Waals surface area contributed by atoms with Gasteiger partial charge in [0.15, 0.2) is 0 Å². The number of benzene rings is 1. The van der Waals surface area contributed by atoms with Crippen LogP contribution in [-0.4, -0.2) is 33.4 Å². The van der Waals surface area contributed by atoms with E-state index < -0.39 is 23.6 Å². The van der Waals surface area contributed by atoms with Crippen LogP contribution in [0.25, 0.3) is 0 Å². The SMILES string of the molecule is C[C@]12CCC(=O)N1[C@H](C(=O)Nc1cc(F)ccc1F)CS2. The molecular formula is C14H14F2N2O2S. The summed E-state index contributed by atoms with van der Waals surface area (Å²) >= 11 is 1.55. The topological polar surface area (TPSA) is 49.4 Å². The summed E-state index contributed by atoms with van der Waals surface area (Å²) in [5, 5.41) is 2.38. The molecule has 1 aromatic rings. The van der Waals surface area contributed by atoms with Crippen molar-refractivity contribution in [3.63, 3.8) is 0 Å². The van der Waals surface area contributed by atoms with Gasteiger partial charge in [0.05, 0.1) is 10.6 Å². The first-order chi connectivity index (χ1) is 9.90. The second kappa shape index (κ2) is 4.98. The third-order valence-electron chi connectivity index (χ3n) is 3.93. The lowest BCUT2D eigenvalue weighted by molar-refractivity contribution is -0.135. The summed E-state index contributed by atoms with van der Waals surface area (Å²) in [5.74, 6) is -1.42. The van der Waals surface area contributed by atoms with Crippen LogP contribution in [0.15, 0.2) is 18.2 Å². The molecule has 112 valence electrons. The lowest BCUT2D eigenvalue weighted by atomic mass is 10.2. The summed E-state index contributed by atoms with van der Waals surface area (Å²) in [4.78, 5) is 25.5. The van der Waals surface area contributed by atoms with Gasteiger partial charge in [-0.1, -0.05) is 0 Å². The maximum atomic E-state index is 13.6. The Bertz CT molecular complexity index is 625. The maximum absolute atomic E-state index is 13.6. The fourth-order valence-electron chi connectivity index (χ4n) is 2.82. The van der Waals surface area contributed by atoms with Crippen LogP contribution in [0.3, 0.4) is 0 Å². The zero-order valence-corrected chi connectivity index (χ0v) is 12.2. The van der Waals surface area contributed by atoms with Crippen LogP contribution in [0.1, 0.15) is 19.8 Å². The highest BCUT2D eigenvalue weighted by Crippen LogP contribution is 2.47. The van der Waals surface area contributed by atoms with E-state index in [2.05, 4.69) is 5.32 Å². The number of carbonyl (C=O) groups is 2. The molecule has 0 saturated carbocycles. The second-order valence-electron chi connectivity index (χ2n) is 5.38. The summed E-state index contributed by atoms with van der Waals surface area (Å²) in [6.45, 7) is 1.93. The summed E-state index contributed by atoms with van der Waals surface area (Å²) in [7, 11) is 0. The van der Waals surface area contributed by atoms with Gasteiger partial charge in [0.1, 0.15) is 17.7 Å². The van der Waals surface area contributed by atoms with Crippen molar-refractivity contribution in [2.75, 3.05) is 11.1 Å². The minimum absolute atomic E-state index is 0.0673. The highest BCUT2D eigenvalue weighted by atomic mass is 32.2. The first kappa shape index (κ1) is 14.3. The van der Waals surface area contributed by atoms with Crippen LogP contribution in [0.2, 0.25) is 0 Å². The van der Waals surface area contributed by atoms with Crippen molar-refractivity contribution < 1.29 is 18.4 Å². The van der Waals surface area contributed by atoms with E-state index in [1.54, 1.807) is 16.7 Å². The molecule has 2 saturated heterocycles. The lowest BCUT2D eigenvalue weighted by Gasteiger charge is -2.29. The Morgan fingerprint density at radius 1 is 1.48 bits per heavy atom. The molecule has 1 N–H and O–H groups in total. The van der Waals surface area contributed by atoms with Gasteiger partial charge in [-0.3, -0.25) is 9.59 Å². The highest BCUT2D eigenvalue weighted by Gasteiger charge is 2.52. The Morgan fingerprint density at radius 3 is 3.00 bits per heavy atom. The monoisotopic (exact) mass is 312 g/mol. The van der Waals surface area contributed by atoms with Gasteiger partial charge in [0, 0.05) is 18.2 Å². The summed E-state index contributed by atoms with van der Waals surface area (Å²) in [5.41, 5.74) is -0.203. The van der Waals surface area contributed by atoms with E-state index in [0.717, 1.165) is 18.2 Å². The van der Waals surface area contributed by atoms with E-state index >= 15 is 0 Å². The summed E-state index contributed by atoms with van der Waals surface area (Å²) < 4.78 is 26.7. The zero-order valence-electron chi connectivity index (χ0n) is 11.4. The Kier molecular flexibility index (Phi) is 3.39. The molecule has 2 heterocycles. The molecule has 21 heavy (non-hydrogen) atoms. The molecule has 0 spiro atoms. The standard InChI is InChI=1S/C14H14F2N2O2S/c1-14-5-4-12(19)18(14)11(7-21-14)13(20)17-10-6-8(15)2-3-9(10)16/h2-3,6,11H,4-5,7H2,1H3,(H,17,20)/t11-,14-/m0/s1. The molecule has 7 heteroatoms. The van der Waals surface area contributed by atoms with Gasteiger partial charge in [0.25, 0.3) is 0 Å². The molecule has 2 aliphatic heterocycles. The Hall–Kier alpha value is -1.63. The van der Waals surface area contributed by atoms with Gasteiger partial charge in [-0.15, -0.1) is 11.8 Å². The minimum Gasteiger partial charge on any atom is -0.322 e. The molecule has 2 atom stereocenters. The molecular weight excluding hydrogens is 298 g/mol. The Balaban J connectivity index is 1.80. The van der Waals surface area contributed by atoms with Gasteiger partial charge < -0.3 is 10.2 Å². The van der Waals surface area contributed by atoms with Gasteiger partial charge >= 0.3 is 0 Å². The molecule has 0 aliphatic carbocycles. The molecule has 4 nitrogen and oxygen atoms in total. The van der Waals surface area contributed by atoms with Crippen LogP contribution in [0, 0.1) is 11.6 Å². The van der Waals surface area contributed by atoms with Gasteiger partial charge in [-0.2, -0.15) is 0 Å². The molecule has 2 fully saturated rings. The first-order valence-corrected chi connectivity index (χ1v) is 7.61. The van der Waals surface area contributed by atoms with Crippen LogP contribution in [-0.2, 0) is 9.59 Å². The van der Waals surface area contributed by atoms with Crippen molar-refractivity contribution in [3.05, 3.63) is 29.8 Å². The number of fused-ring (bicyclic) bond motifs is 1. The number of amides is 2. The number of halogens is 2.